The van der Waals surface area contributed by atoms with Crippen LogP contribution >= 0.6 is 0 Å². The van der Waals surface area contributed by atoms with Crippen molar-refractivity contribution in [3.05, 3.63) is 23.8 Å². The summed E-state index contributed by atoms with van der Waals surface area (Å²) in [6, 6.07) is 6.50. The number of likely N-dealkylation sites (N-methyl/N-ethyl adjacent to an activating group) is 1. The van der Waals surface area contributed by atoms with E-state index in [0.717, 1.165) is 18.9 Å². The molecule has 1 aliphatic rings. The van der Waals surface area contributed by atoms with Crippen molar-refractivity contribution in [2.75, 3.05) is 25.1 Å². The van der Waals surface area contributed by atoms with E-state index < -0.39 is 0 Å². The molecular weight excluding hydrogens is 186 g/mol. The number of benzene rings is 1. The summed E-state index contributed by atoms with van der Waals surface area (Å²) >= 11 is 0. The third-order valence-corrected chi connectivity index (χ3v) is 2.92. The molecule has 0 bridgehead atoms. The molecule has 1 heterocycles. The fraction of sp³-hybridized carbons (Fsp3) is 0.538. The molecule has 0 N–H and O–H groups in total. The lowest BCUT2D eigenvalue weighted by Gasteiger charge is -2.30. The third kappa shape index (κ3) is 1.94. The van der Waals surface area contributed by atoms with Crippen molar-refractivity contribution in [3.8, 4) is 5.75 Å². The van der Waals surface area contributed by atoms with Gasteiger partial charge < -0.3 is 9.64 Å². The van der Waals surface area contributed by atoms with Crippen LogP contribution in [0.25, 0.3) is 0 Å². The topological polar surface area (TPSA) is 12.5 Å². The molecule has 0 radical (unpaired) electrons. The van der Waals surface area contributed by atoms with Crippen LogP contribution in [0.1, 0.15) is 26.3 Å². The van der Waals surface area contributed by atoms with Crippen molar-refractivity contribution < 1.29 is 4.74 Å². The Morgan fingerprint density at radius 2 is 2.00 bits per heavy atom. The van der Waals surface area contributed by atoms with E-state index in [1.807, 2.05) is 0 Å². The molecule has 82 valence electrons. The summed E-state index contributed by atoms with van der Waals surface area (Å²) in [5.41, 5.74) is 2.78. The van der Waals surface area contributed by atoms with E-state index in [1.165, 1.54) is 11.3 Å². The highest BCUT2D eigenvalue weighted by Gasteiger charge is 2.19. The maximum Gasteiger partial charge on any atom is 0.142 e. The monoisotopic (exact) mass is 205 g/mol. The molecule has 1 aromatic carbocycles. The molecule has 0 aromatic heterocycles. The SMILES string of the molecule is CN1CCOc2ccc(C(C)(C)C)cc21. The molecule has 1 aliphatic heterocycles. The summed E-state index contributed by atoms with van der Waals surface area (Å²) in [5.74, 6) is 1.01. The Balaban J connectivity index is 2.44. The fourth-order valence-electron chi connectivity index (χ4n) is 1.82. The number of fused-ring (bicyclic) bond motifs is 1. The summed E-state index contributed by atoms with van der Waals surface area (Å²) in [6.07, 6.45) is 0. The Morgan fingerprint density at radius 1 is 1.27 bits per heavy atom. The average Bonchev–Trinajstić information content (AvgIpc) is 2.16. The van der Waals surface area contributed by atoms with E-state index in [4.69, 9.17) is 4.74 Å². The molecule has 0 amide bonds. The summed E-state index contributed by atoms with van der Waals surface area (Å²) in [7, 11) is 2.12. The second-order valence-electron chi connectivity index (χ2n) is 5.20. The van der Waals surface area contributed by atoms with Gasteiger partial charge in [-0.3, -0.25) is 0 Å². The number of nitrogens with zero attached hydrogens (tertiary/aromatic N) is 1. The first-order chi connectivity index (χ1) is 6.98. The van der Waals surface area contributed by atoms with E-state index >= 15 is 0 Å². The minimum absolute atomic E-state index is 0.202. The summed E-state index contributed by atoms with van der Waals surface area (Å²) < 4.78 is 5.62. The first kappa shape index (κ1) is 10.3. The number of rotatable bonds is 0. The maximum absolute atomic E-state index is 5.62. The van der Waals surface area contributed by atoms with Gasteiger partial charge in [-0.05, 0) is 23.1 Å². The summed E-state index contributed by atoms with van der Waals surface area (Å²) in [5, 5.41) is 0. The third-order valence-electron chi connectivity index (χ3n) is 2.92. The summed E-state index contributed by atoms with van der Waals surface area (Å²) in [4.78, 5) is 2.26. The van der Waals surface area contributed by atoms with Gasteiger partial charge in [-0.1, -0.05) is 26.8 Å². The van der Waals surface area contributed by atoms with Crippen LogP contribution in [0.15, 0.2) is 18.2 Å². The second-order valence-corrected chi connectivity index (χ2v) is 5.20. The number of anilines is 1. The molecule has 1 aromatic rings. The Labute approximate surface area is 91.9 Å². The Bertz CT molecular complexity index is 365. The quantitative estimate of drug-likeness (QED) is 0.645. The molecule has 0 spiro atoms. The largest absolute Gasteiger partial charge is 0.490 e. The lowest BCUT2D eigenvalue weighted by atomic mass is 9.86. The highest BCUT2D eigenvalue weighted by Crippen LogP contribution is 2.35. The van der Waals surface area contributed by atoms with E-state index in [1.54, 1.807) is 0 Å². The van der Waals surface area contributed by atoms with Crippen LogP contribution in [0, 0.1) is 0 Å². The zero-order valence-electron chi connectivity index (χ0n) is 10.0. The Hall–Kier alpha value is -1.18. The van der Waals surface area contributed by atoms with Crippen molar-refractivity contribution in [3.63, 3.8) is 0 Å². The van der Waals surface area contributed by atoms with Gasteiger partial charge in [-0.15, -0.1) is 0 Å². The molecular formula is C13H19NO. The Morgan fingerprint density at radius 3 is 2.67 bits per heavy atom. The van der Waals surface area contributed by atoms with Crippen LogP contribution < -0.4 is 9.64 Å². The zero-order valence-corrected chi connectivity index (χ0v) is 10.0. The average molecular weight is 205 g/mol. The lowest BCUT2D eigenvalue weighted by Crippen LogP contribution is -2.29. The van der Waals surface area contributed by atoms with Crippen molar-refractivity contribution in [2.24, 2.45) is 0 Å². The maximum atomic E-state index is 5.62. The summed E-state index contributed by atoms with van der Waals surface area (Å²) in [6.45, 7) is 8.47. The highest BCUT2D eigenvalue weighted by atomic mass is 16.5. The molecule has 0 saturated heterocycles. The van der Waals surface area contributed by atoms with Gasteiger partial charge in [-0.2, -0.15) is 0 Å². The zero-order chi connectivity index (χ0) is 11.1. The van der Waals surface area contributed by atoms with Crippen molar-refractivity contribution in [1.82, 2.24) is 0 Å². The predicted molar refractivity (Wildman–Crippen MR) is 63.9 cm³/mol. The minimum Gasteiger partial charge on any atom is -0.490 e. The van der Waals surface area contributed by atoms with E-state index in [9.17, 15) is 0 Å². The smallest absolute Gasteiger partial charge is 0.142 e. The van der Waals surface area contributed by atoms with Gasteiger partial charge in [0.05, 0.1) is 12.2 Å². The first-order valence-corrected chi connectivity index (χ1v) is 5.47. The van der Waals surface area contributed by atoms with Crippen LogP contribution in [-0.4, -0.2) is 20.2 Å². The van der Waals surface area contributed by atoms with Gasteiger partial charge in [-0.25, -0.2) is 0 Å². The van der Waals surface area contributed by atoms with E-state index in [2.05, 4.69) is 50.9 Å². The molecule has 2 heteroatoms. The molecule has 0 fully saturated rings. The molecule has 0 saturated carbocycles. The van der Waals surface area contributed by atoms with E-state index in [-0.39, 0.29) is 5.41 Å². The van der Waals surface area contributed by atoms with Gasteiger partial charge in [0.15, 0.2) is 0 Å². The van der Waals surface area contributed by atoms with Crippen molar-refractivity contribution in [1.29, 1.82) is 0 Å². The number of ether oxygens (including phenoxy) is 1. The minimum atomic E-state index is 0.202. The molecule has 2 rings (SSSR count). The van der Waals surface area contributed by atoms with Crippen LogP contribution in [0.2, 0.25) is 0 Å². The molecule has 0 aliphatic carbocycles. The van der Waals surface area contributed by atoms with E-state index in [0.29, 0.717) is 0 Å². The van der Waals surface area contributed by atoms with Crippen LogP contribution in [-0.2, 0) is 5.41 Å². The van der Waals surface area contributed by atoms with Gasteiger partial charge in [0, 0.05) is 7.05 Å². The standard InChI is InChI=1S/C13H19NO/c1-13(2,3)10-5-6-12-11(9-10)14(4)7-8-15-12/h5-6,9H,7-8H2,1-4H3. The number of hydrogen-bond donors (Lipinski definition) is 0. The van der Waals surface area contributed by atoms with Crippen LogP contribution in [0.4, 0.5) is 5.69 Å². The van der Waals surface area contributed by atoms with Gasteiger partial charge >= 0.3 is 0 Å². The second kappa shape index (κ2) is 3.44. The lowest BCUT2D eigenvalue weighted by molar-refractivity contribution is 0.311. The van der Waals surface area contributed by atoms with Crippen LogP contribution in [0.3, 0.4) is 0 Å². The normalized spacial score (nSPS) is 15.9. The van der Waals surface area contributed by atoms with Crippen molar-refractivity contribution >= 4 is 5.69 Å². The highest BCUT2D eigenvalue weighted by molar-refractivity contribution is 5.61. The number of hydrogen-bond acceptors (Lipinski definition) is 2. The van der Waals surface area contributed by atoms with Crippen LogP contribution in [0.5, 0.6) is 5.75 Å². The predicted octanol–water partition coefficient (Wildman–Crippen LogP) is 2.81. The molecule has 2 nitrogen and oxygen atoms in total. The van der Waals surface area contributed by atoms with Gasteiger partial charge in [0.1, 0.15) is 12.4 Å². The molecule has 15 heavy (non-hydrogen) atoms. The van der Waals surface area contributed by atoms with Gasteiger partial charge in [0.2, 0.25) is 0 Å². The molecule has 0 unspecified atom stereocenters. The Kier molecular flexibility index (Phi) is 2.37. The molecule has 0 atom stereocenters. The fourth-order valence-corrected chi connectivity index (χ4v) is 1.82. The first-order valence-electron chi connectivity index (χ1n) is 5.47. The van der Waals surface area contributed by atoms with Gasteiger partial charge in [0.25, 0.3) is 0 Å². The van der Waals surface area contributed by atoms with Crippen molar-refractivity contribution in [2.45, 2.75) is 26.2 Å².